The molecule has 2 amide bonds. The number of hydrogen-bond donors (Lipinski definition) is 3. The van der Waals surface area contributed by atoms with Gasteiger partial charge >= 0.3 is 6.03 Å². The van der Waals surface area contributed by atoms with Gasteiger partial charge in [0.1, 0.15) is 5.82 Å². The maximum Gasteiger partial charge on any atom is 0.319 e. The van der Waals surface area contributed by atoms with Gasteiger partial charge in [0.25, 0.3) is 0 Å². The van der Waals surface area contributed by atoms with E-state index in [1.165, 1.54) is 0 Å². The van der Waals surface area contributed by atoms with Gasteiger partial charge in [0.2, 0.25) is 0 Å². The molecule has 0 spiro atoms. The molecule has 0 atom stereocenters. The van der Waals surface area contributed by atoms with Crippen molar-refractivity contribution in [1.82, 2.24) is 25.3 Å². The molecule has 10 nitrogen and oxygen atoms in total. The Balaban J connectivity index is 1.42. The number of rotatable bonds is 8. The highest BCUT2D eigenvalue weighted by Gasteiger charge is 2.07. The van der Waals surface area contributed by atoms with E-state index in [-0.39, 0.29) is 6.03 Å². The highest BCUT2D eigenvalue weighted by molar-refractivity contribution is 5.89. The number of methoxy groups -OCH3 is 2. The fourth-order valence-electron chi connectivity index (χ4n) is 2.54. The standard InChI is InChI=1S/C19H23N7O3/c1-13-8-11-26(25-13)18-7-6-17(23-24-18)20-9-10-21-19(27)22-14-4-5-15(28-2)16(12-14)29-3/h4-8,11-12H,9-10H2,1-3H3,(H,20,23)(H2,21,22,27). The minimum atomic E-state index is -0.325. The van der Waals surface area contributed by atoms with Gasteiger partial charge in [-0.1, -0.05) is 0 Å². The van der Waals surface area contributed by atoms with E-state index in [0.717, 1.165) is 5.69 Å². The number of ether oxygens (including phenoxy) is 2. The highest BCUT2D eigenvalue weighted by Crippen LogP contribution is 2.29. The van der Waals surface area contributed by atoms with Crippen LogP contribution in [0.2, 0.25) is 0 Å². The van der Waals surface area contributed by atoms with Gasteiger partial charge in [-0.05, 0) is 37.3 Å². The van der Waals surface area contributed by atoms with Gasteiger partial charge in [-0.3, -0.25) is 0 Å². The summed E-state index contributed by atoms with van der Waals surface area (Å²) in [5.41, 5.74) is 1.51. The van der Waals surface area contributed by atoms with E-state index in [0.29, 0.717) is 41.9 Å². The van der Waals surface area contributed by atoms with Gasteiger partial charge in [-0.25, -0.2) is 9.48 Å². The van der Waals surface area contributed by atoms with Crippen LogP contribution < -0.4 is 25.4 Å². The van der Waals surface area contributed by atoms with Crippen LogP contribution in [0.4, 0.5) is 16.3 Å². The lowest BCUT2D eigenvalue weighted by Crippen LogP contribution is -2.32. The molecule has 0 bridgehead atoms. The van der Waals surface area contributed by atoms with E-state index in [1.54, 1.807) is 37.1 Å². The lowest BCUT2D eigenvalue weighted by Gasteiger charge is -2.11. The maximum absolute atomic E-state index is 12.0. The second-order valence-electron chi connectivity index (χ2n) is 6.06. The third-order valence-corrected chi connectivity index (χ3v) is 3.97. The van der Waals surface area contributed by atoms with Crippen LogP contribution in [-0.4, -0.2) is 53.3 Å². The molecule has 3 rings (SSSR count). The number of nitrogens with one attached hydrogen (secondary N) is 3. The van der Waals surface area contributed by atoms with Crippen LogP contribution in [0.5, 0.6) is 11.5 Å². The Hall–Kier alpha value is -3.82. The SMILES string of the molecule is COc1ccc(NC(=O)NCCNc2ccc(-n3ccc(C)n3)nn2)cc1OC. The summed E-state index contributed by atoms with van der Waals surface area (Å²) in [6.07, 6.45) is 1.83. The van der Waals surface area contributed by atoms with Crippen LogP contribution in [0, 0.1) is 6.92 Å². The molecule has 0 saturated heterocycles. The average Bonchev–Trinajstić information content (AvgIpc) is 3.18. The molecule has 3 aromatic rings. The molecule has 0 fully saturated rings. The predicted octanol–water partition coefficient (Wildman–Crippen LogP) is 2.22. The quantitative estimate of drug-likeness (QED) is 0.499. The van der Waals surface area contributed by atoms with Crippen molar-refractivity contribution >= 4 is 17.5 Å². The molecule has 0 unspecified atom stereocenters. The number of amides is 2. The van der Waals surface area contributed by atoms with Crippen molar-refractivity contribution in [3.63, 3.8) is 0 Å². The first-order chi connectivity index (χ1) is 14.1. The maximum atomic E-state index is 12.0. The summed E-state index contributed by atoms with van der Waals surface area (Å²) in [5.74, 6) is 2.38. The van der Waals surface area contributed by atoms with Crippen molar-refractivity contribution in [2.75, 3.05) is 37.9 Å². The molecule has 0 radical (unpaired) electrons. The van der Waals surface area contributed by atoms with Gasteiger partial charge in [-0.15, -0.1) is 10.2 Å². The van der Waals surface area contributed by atoms with E-state index in [4.69, 9.17) is 9.47 Å². The Bertz CT molecular complexity index is 957. The van der Waals surface area contributed by atoms with Gasteiger partial charge in [0, 0.05) is 31.0 Å². The third-order valence-electron chi connectivity index (χ3n) is 3.97. The molecular weight excluding hydrogens is 374 g/mol. The molecule has 0 aliphatic carbocycles. The fourth-order valence-corrected chi connectivity index (χ4v) is 2.54. The van der Waals surface area contributed by atoms with Crippen molar-refractivity contribution in [3.8, 4) is 17.3 Å². The number of nitrogens with zero attached hydrogens (tertiary/aromatic N) is 4. The molecule has 3 N–H and O–H groups in total. The number of urea groups is 1. The molecular formula is C19H23N7O3. The third kappa shape index (κ3) is 5.34. The number of benzene rings is 1. The molecule has 0 aliphatic rings. The van der Waals surface area contributed by atoms with Crippen LogP contribution in [0.1, 0.15) is 5.69 Å². The van der Waals surface area contributed by atoms with E-state index in [2.05, 4.69) is 31.2 Å². The number of aromatic nitrogens is 4. The monoisotopic (exact) mass is 397 g/mol. The first-order valence-corrected chi connectivity index (χ1v) is 8.96. The number of aryl methyl sites for hydroxylation is 1. The largest absolute Gasteiger partial charge is 0.493 e. The second-order valence-corrected chi connectivity index (χ2v) is 6.06. The minimum Gasteiger partial charge on any atom is -0.493 e. The Morgan fingerprint density at radius 3 is 2.52 bits per heavy atom. The first-order valence-electron chi connectivity index (χ1n) is 8.96. The minimum absolute atomic E-state index is 0.325. The van der Waals surface area contributed by atoms with Crippen molar-refractivity contribution in [3.05, 3.63) is 48.3 Å². The van der Waals surface area contributed by atoms with Crippen LogP contribution in [-0.2, 0) is 0 Å². The molecule has 2 aromatic heterocycles. The molecule has 0 saturated carbocycles. The second kappa shape index (κ2) is 9.40. The molecule has 2 heterocycles. The zero-order valence-corrected chi connectivity index (χ0v) is 16.5. The van der Waals surface area contributed by atoms with Gasteiger partial charge in [-0.2, -0.15) is 5.10 Å². The zero-order chi connectivity index (χ0) is 20.6. The predicted molar refractivity (Wildman–Crippen MR) is 109 cm³/mol. The number of hydrogen-bond acceptors (Lipinski definition) is 7. The van der Waals surface area contributed by atoms with Crippen LogP contribution >= 0.6 is 0 Å². The molecule has 10 heteroatoms. The van der Waals surface area contributed by atoms with E-state index in [9.17, 15) is 4.79 Å². The zero-order valence-electron chi connectivity index (χ0n) is 16.5. The Kier molecular flexibility index (Phi) is 6.46. The van der Waals surface area contributed by atoms with E-state index in [1.807, 2.05) is 31.3 Å². The van der Waals surface area contributed by atoms with E-state index < -0.39 is 0 Å². The Labute approximate surface area is 168 Å². The van der Waals surface area contributed by atoms with Crippen LogP contribution in [0.25, 0.3) is 5.82 Å². The summed E-state index contributed by atoms with van der Waals surface area (Å²) in [6.45, 7) is 2.81. The molecule has 152 valence electrons. The smallest absolute Gasteiger partial charge is 0.319 e. The van der Waals surface area contributed by atoms with Crippen molar-refractivity contribution < 1.29 is 14.3 Å². The summed E-state index contributed by atoms with van der Waals surface area (Å²) in [4.78, 5) is 12.0. The summed E-state index contributed by atoms with van der Waals surface area (Å²) in [7, 11) is 3.10. The van der Waals surface area contributed by atoms with Crippen molar-refractivity contribution in [2.45, 2.75) is 6.92 Å². The number of carbonyl (C=O) groups is 1. The molecule has 1 aromatic carbocycles. The van der Waals surface area contributed by atoms with Crippen LogP contribution in [0.3, 0.4) is 0 Å². The Morgan fingerprint density at radius 2 is 1.86 bits per heavy atom. The number of anilines is 2. The summed E-state index contributed by atoms with van der Waals surface area (Å²) >= 11 is 0. The summed E-state index contributed by atoms with van der Waals surface area (Å²) in [6, 6.07) is 10.3. The van der Waals surface area contributed by atoms with Gasteiger partial charge in [0.15, 0.2) is 17.3 Å². The summed E-state index contributed by atoms with van der Waals surface area (Å²) in [5, 5.41) is 21.1. The normalized spacial score (nSPS) is 10.3. The Morgan fingerprint density at radius 1 is 1.03 bits per heavy atom. The van der Waals surface area contributed by atoms with E-state index >= 15 is 0 Å². The van der Waals surface area contributed by atoms with Crippen molar-refractivity contribution in [1.29, 1.82) is 0 Å². The lowest BCUT2D eigenvalue weighted by molar-refractivity contribution is 0.252. The molecule has 0 aliphatic heterocycles. The lowest BCUT2D eigenvalue weighted by atomic mass is 10.3. The first kappa shape index (κ1) is 19.9. The summed E-state index contributed by atoms with van der Waals surface area (Å²) < 4.78 is 12.1. The average molecular weight is 397 g/mol. The fraction of sp³-hybridized carbons (Fsp3) is 0.263. The molecule has 29 heavy (non-hydrogen) atoms. The van der Waals surface area contributed by atoms with Gasteiger partial charge < -0.3 is 25.4 Å². The van der Waals surface area contributed by atoms with Gasteiger partial charge in [0.05, 0.1) is 19.9 Å². The van der Waals surface area contributed by atoms with Crippen LogP contribution in [0.15, 0.2) is 42.6 Å². The topological polar surface area (TPSA) is 115 Å². The number of carbonyl (C=O) groups excluding carboxylic acids is 1. The highest BCUT2D eigenvalue weighted by atomic mass is 16.5. The van der Waals surface area contributed by atoms with Crippen molar-refractivity contribution in [2.24, 2.45) is 0 Å².